The summed E-state index contributed by atoms with van der Waals surface area (Å²) in [5.41, 5.74) is 5.68. The Bertz CT molecular complexity index is 248. The molecule has 1 fully saturated rings. The molecule has 1 aliphatic carbocycles. The number of methoxy groups -OCH3 is 2. The van der Waals surface area contributed by atoms with Gasteiger partial charge in [-0.05, 0) is 31.7 Å². The molecule has 5 nitrogen and oxygen atoms in total. The summed E-state index contributed by atoms with van der Waals surface area (Å²) >= 11 is 0. The van der Waals surface area contributed by atoms with Crippen LogP contribution in [0.2, 0.25) is 0 Å². The standard InChI is InChI=1S/C13H26N2O3/c1-17-9-12(18-2)8-15-13(16)11-5-3-4-10(6-11)7-14/h10-12H,3-9,14H2,1-2H3,(H,15,16). The van der Waals surface area contributed by atoms with Crippen molar-refractivity contribution in [2.24, 2.45) is 17.6 Å². The second kappa shape index (κ2) is 8.45. The largest absolute Gasteiger partial charge is 0.382 e. The maximum absolute atomic E-state index is 12.0. The van der Waals surface area contributed by atoms with E-state index in [1.807, 2.05) is 0 Å². The molecule has 0 bridgehead atoms. The fraction of sp³-hybridized carbons (Fsp3) is 0.923. The molecule has 0 saturated heterocycles. The van der Waals surface area contributed by atoms with Crippen LogP contribution in [-0.2, 0) is 14.3 Å². The van der Waals surface area contributed by atoms with Crippen molar-refractivity contribution in [1.82, 2.24) is 5.32 Å². The minimum absolute atomic E-state index is 0.0761. The number of nitrogens with one attached hydrogen (secondary N) is 1. The number of amides is 1. The van der Waals surface area contributed by atoms with Gasteiger partial charge in [0.2, 0.25) is 5.91 Å². The molecule has 3 atom stereocenters. The van der Waals surface area contributed by atoms with E-state index < -0.39 is 0 Å². The molecule has 106 valence electrons. The van der Waals surface area contributed by atoms with Crippen LogP contribution in [0.5, 0.6) is 0 Å². The zero-order valence-corrected chi connectivity index (χ0v) is 11.5. The Morgan fingerprint density at radius 3 is 2.83 bits per heavy atom. The molecule has 18 heavy (non-hydrogen) atoms. The molecule has 0 aliphatic heterocycles. The number of ether oxygens (including phenoxy) is 2. The molecular weight excluding hydrogens is 232 g/mol. The van der Waals surface area contributed by atoms with Crippen molar-refractivity contribution >= 4 is 5.91 Å². The monoisotopic (exact) mass is 258 g/mol. The lowest BCUT2D eigenvalue weighted by Crippen LogP contribution is -2.40. The number of carbonyl (C=O) groups is 1. The van der Waals surface area contributed by atoms with Crippen molar-refractivity contribution in [3.8, 4) is 0 Å². The summed E-state index contributed by atoms with van der Waals surface area (Å²) in [5.74, 6) is 0.755. The van der Waals surface area contributed by atoms with E-state index in [0.717, 1.165) is 25.7 Å². The average molecular weight is 258 g/mol. The average Bonchev–Trinajstić information content (AvgIpc) is 2.43. The highest BCUT2D eigenvalue weighted by Gasteiger charge is 2.26. The topological polar surface area (TPSA) is 73.6 Å². The molecule has 5 heteroatoms. The first kappa shape index (κ1) is 15.4. The molecule has 1 saturated carbocycles. The summed E-state index contributed by atoms with van der Waals surface area (Å²) in [6, 6.07) is 0. The summed E-state index contributed by atoms with van der Waals surface area (Å²) < 4.78 is 10.2. The van der Waals surface area contributed by atoms with Gasteiger partial charge in [-0.1, -0.05) is 6.42 Å². The van der Waals surface area contributed by atoms with Gasteiger partial charge < -0.3 is 20.5 Å². The van der Waals surface area contributed by atoms with Gasteiger partial charge in [-0.25, -0.2) is 0 Å². The third kappa shape index (κ3) is 4.92. The zero-order valence-electron chi connectivity index (χ0n) is 11.5. The van der Waals surface area contributed by atoms with E-state index in [1.165, 1.54) is 0 Å². The summed E-state index contributed by atoms with van der Waals surface area (Å²) in [7, 11) is 3.25. The summed E-state index contributed by atoms with van der Waals surface area (Å²) in [5, 5.41) is 2.95. The van der Waals surface area contributed by atoms with Crippen LogP contribution in [0.25, 0.3) is 0 Å². The number of rotatable bonds is 7. The molecule has 3 unspecified atom stereocenters. The SMILES string of the molecule is COCC(CNC(=O)C1CCCC(CN)C1)OC. The quantitative estimate of drug-likeness (QED) is 0.698. The van der Waals surface area contributed by atoms with Gasteiger partial charge >= 0.3 is 0 Å². The Morgan fingerprint density at radius 2 is 2.22 bits per heavy atom. The minimum atomic E-state index is -0.0761. The van der Waals surface area contributed by atoms with E-state index in [2.05, 4.69) is 5.32 Å². The first-order valence-corrected chi connectivity index (χ1v) is 6.70. The Morgan fingerprint density at radius 1 is 1.44 bits per heavy atom. The summed E-state index contributed by atoms with van der Waals surface area (Å²) in [4.78, 5) is 12.0. The number of hydrogen-bond donors (Lipinski definition) is 2. The molecule has 1 aliphatic rings. The van der Waals surface area contributed by atoms with Crippen molar-refractivity contribution in [3.63, 3.8) is 0 Å². The van der Waals surface area contributed by atoms with Crippen LogP contribution in [-0.4, -0.2) is 45.9 Å². The minimum Gasteiger partial charge on any atom is -0.382 e. The van der Waals surface area contributed by atoms with Crippen LogP contribution in [0.4, 0.5) is 0 Å². The second-order valence-corrected chi connectivity index (χ2v) is 5.02. The molecule has 0 aromatic heterocycles. The predicted molar refractivity (Wildman–Crippen MR) is 70.2 cm³/mol. The van der Waals surface area contributed by atoms with Gasteiger partial charge in [0.1, 0.15) is 0 Å². The third-order valence-electron chi connectivity index (χ3n) is 3.68. The van der Waals surface area contributed by atoms with Crippen LogP contribution in [0.1, 0.15) is 25.7 Å². The first-order chi connectivity index (χ1) is 8.71. The van der Waals surface area contributed by atoms with Crippen LogP contribution >= 0.6 is 0 Å². The number of hydrogen-bond acceptors (Lipinski definition) is 4. The Hall–Kier alpha value is -0.650. The lowest BCUT2D eigenvalue weighted by molar-refractivity contribution is -0.127. The molecule has 1 rings (SSSR count). The zero-order chi connectivity index (χ0) is 13.4. The molecular formula is C13H26N2O3. The van der Waals surface area contributed by atoms with Crippen LogP contribution in [0, 0.1) is 11.8 Å². The van der Waals surface area contributed by atoms with Gasteiger partial charge in [0, 0.05) is 26.7 Å². The predicted octanol–water partition coefficient (Wildman–Crippen LogP) is 0.529. The van der Waals surface area contributed by atoms with E-state index in [-0.39, 0.29) is 17.9 Å². The van der Waals surface area contributed by atoms with Gasteiger partial charge in [-0.15, -0.1) is 0 Å². The fourth-order valence-corrected chi connectivity index (χ4v) is 2.50. The highest BCUT2D eigenvalue weighted by atomic mass is 16.5. The lowest BCUT2D eigenvalue weighted by Gasteiger charge is -2.27. The van der Waals surface area contributed by atoms with Gasteiger partial charge in [0.05, 0.1) is 12.7 Å². The van der Waals surface area contributed by atoms with Crippen LogP contribution in [0.3, 0.4) is 0 Å². The molecule has 3 N–H and O–H groups in total. The Balaban J connectivity index is 2.31. The maximum Gasteiger partial charge on any atom is 0.223 e. The van der Waals surface area contributed by atoms with Gasteiger partial charge in [0.15, 0.2) is 0 Å². The summed E-state index contributed by atoms with van der Waals surface area (Å²) in [6.45, 7) is 1.69. The maximum atomic E-state index is 12.0. The van der Waals surface area contributed by atoms with Crippen molar-refractivity contribution in [2.75, 3.05) is 33.9 Å². The van der Waals surface area contributed by atoms with E-state index in [0.29, 0.717) is 25.6 Å². The van der Waals surface area contributed by atoms with Crippen molar-refractivity contribution in [2.45, 2.75) is 31.8 Å². The van der Waals surface area contributed by atoms with E-state index in [9.17, 15) is 4.79 Å². The first-order valence-electron chi connectivity index (χ1n) is 6.70. The third-order valence-corrected chi connectivity index (χ3v) is 3.68. The number of carbonyl (C=O) groups excluding carboxylic acids is 1. The highest BCUT2D eigenvalue weighted by molar-refractivity contribution is 5.78. The smallest absolute Gasteiger partial charge is 0.223 e. The van der Waals surface area contributed by atoms with E-state index >= 15 is 0 Å². The molecule has 0 aromatic rings. The van der Waals surface area contributed by atoms with Gasteiger partial charge in [-0.3, -0.25) is 4.79 Å². The highest BCUT2D eigenvalue weighted by Crippen LogP contribution is 2.28. The van der Waals surface area contributed by atoms with Crippen molar-refractivity contribution in [1.29, 1.82) is 0 Å². The second-order valence-electron chi connectivity index (χ2n) is 5.02. The van der Waals surface area contributed by atoms with E-state index in [1.54, 1.807) is 14.2 Å². The molecule has 1 amide bonds. The van der Waals surface area contributed by atoms with Crippen molar-refractivity contribution in [3.05, 3.63) is 0 Å². The lowest BCUT2D eigenvalue weighted by atomic mass is 9.81. The number of nitrogens with two attached hydrogens (primary N) is 1. The molecule has 0 radical (unpaired) electrons. The fourth-order valence-electron chi connectivity index (χ4n) is 2.50. The molecule has 0 heterocycles. The Labute approximate surface area is 109 Å². The normalized spacial score (nSPS) is 25.7. The Kier molecular flexibility index (Phi) is 7.23. The summed E-state index contributed by atoms with van der Waals surface area (Å²) in [6.07, 6.45) is 4.08. The molecule has 0 spiro atoms. The van der Waals surface area contributed by atoms with Gasteiger partial charge in [0.25, 0.3) is 0 Å². The van der Waals surface area contributed by atoms with Gasteiger partial charge in [-0.2, -0.15) is 0 Å². The molecule has 0 aromatic carbocycles. The van der Waals surface area contributed by atoms with Crippen LogP contribution < -0.4 is 11.1 Å². The van der Waals surface area contributed by atoms with E-state index in [4.69, 9.17) is 15.2 Å². The van der Waals surface area contributed by atoms with Crippen molar-refractivity contribution < 1.29 is 14.3 Å². The van der Waals surface area contributed by atoms with Crippen LogP contribution in [0.15, 0.2) is 0 Å².